The van der Waals surface area contributed by atoms with E-state index < -0.39 is 0 Å². The number of unbranched alkanes of at least 4 members (excludes halogenated alkanes) is 1. The van der Waals surface area contributed by atoms with Crippen molar-refractivity contribution in [1.82, 2.24) is 0 Å². The zero-order chi connectivity index (χ0) is 10.2. The molecule has 0 atom stereocenters. The lowest BCUT2D eigenvalue weighted by Crippen LogP contribution is -1.93. The third-order valence-electron chi connectivity index (χ3n) is 0.991. The molecule has 0 fully saturated rings. The lowest BCUT2D eigenvalue weighted by Gasteiger charge is -1.97. The van der Waals surface area contributed by atoms with Crippen LogP contribution in [0.3, 0.4) is 0 Å². The van der Waals surface area contributed by atoms with Crippen molar-refractivity contribution in [2.75, 3.05) is 13.2 Å². The molecule has 12 heavy (non-hydrogen) atoms. The highest BCUT2D eigenvalue weighted by molar-refractivity contribution is 4.30. The summed E-state index contributed by atoms with van der Waals surface area (Å²) < 4.78 is 5.22. The first-order valence-corrected chi connectivity index (χ1v) is 5.49. The molecule has 0 aliphatic carbocycles. The zero-order valence-corrected chi connectivity index (χ0v) is 9.94. The van der Waals surface area contributed by atoms with Gasteiger partial charge in [0.05, 0.1) is 0 Å². The van der Waals surface area contributed by atoms with Crippen molar-refractivity contribution in [3.05, 3.63) is 0 Å². The molecule has 0 aliphatic rings. The van der Waals surface area contributed by atoms with Crippen molar-refractivity contribution in [3.63, 3.8) is 0 Å². The maximum atomic E-state index is 5.22. The molecule has 0 aromatic rings. The maximum absolute atomic E-state index is 5.22. The first kappa shape index (κ1) is 17.9. The first-order chi connectivity index (χ1) is 5.91. The monoisotopic (exact) mass is 176 g/mol. The molecule has 0 unspecified atom stereocenters. The molecule has 0 heterocycles. The fraction of sp³-hybridized carbons (Fsp3) is 1.00. The normalized spacial score (nSPS) is 7.50. The van der Waals surface area contributed by atoms with E-state index in [0.717, 1.165) is 19.6 Å². The molecule has 0 saturated heterocycles. The van der Waals surface area contributed by atoms with Gasteiger partial charge in [0.2, 0.25) is 0 Å². The Labute approximate surface area is 79.5 Å². The van der Waals surface area contributed by atoms with Crippen molar-refractivity contribution in [3.8, 4) is 0 Å². The SMILES string of the molecule is CC.CC.CCCCOCCC. The summed E-state index contributed by atoms with van der Waals surface area (Å²) >= 11 is 0. The van der Waals surface area contributed by atoms with Crippen LogP contribution in [0.1, 0.15) is 60.8 Å². The average molecular weight is 176 g/mol. The van der Waals surface area contributed by atoms with Gasteiger partial charge in [-0.2, -0.15) is 0 Å². The molecule has 0 N–H and O–H groups in total. The molecule has 0 amide bonds. The first-order valence-electron chi connectivity index (χ1n) is 5.49. The lowest BCUT2D eigenvalue weighted by molar-refractivity contribution is 0.132. The Morgan fingerprint density at radius 3 is 1.58 bits per heavy atom. The number of hydrogen-bond donors (Lipinski definition) is 0. The quantitative estimate of drug-likeness (QED) is 0.569. The van der Waals surface area contributed by atoms with E-state index in [4.69, 9.17) is 4.74 Å². The summed E-state index contributed by atoms with van der Waals surface area (Å²) in [5.74, 6) is 0. The van der Waals surface area contributed by atoms with Gasteiger partial charge < -0.3 is 4.74 Å². The summed E-state index contributed by atoms with van der Waals surface area (Å²) in [6, 6.07) is 0. The van der Waals surface area contributed by atoms with Gasteiger partial charge in [-0.25, -0.2) is 0 Å². The Hall–Kier alpha value is -0.0400. The van der Waals surface area contributed by atoms with Crippen LogP contribution in [0.15, 0.2) is 0 Å². The van der Waals surface area contributed by atoms with E-state index in [1.165, 1.54) is 12.8 Å². The molecule has 78 valence electrons. The fourth-order valence-electron chi connectivity index (χ4n) is 0.493. The predicted molar refractivity (Wildman–Crippen MR) is 58.7 cm³/mol. The summed E-state index contributed by atoms with van der Waals surface area (Å²) in [5, 5.41) is 0. The Balaban J connectivity index is -0.000000175. The molecule has 0 aromatic carbocycles. The second-order valence-corrected chi connectivity index (χ2v) is 1.97. The van der Waals surface area contributed by atoms with E-state index in [0.29, 0.717) is 0 Å². The van der Waals surface area contributed by atoms with E-state index in [9.17, 15) is 0 Å². The summed E-state index contributed by atoms with van der Waals surface area (Å²) in [7, 11) is 0. The van der Waals surface area contributed by atoms with E-state index in [1.807, 2.05) is 27.7 Å². The summed E-state index contributed by atoms with van der Waals surface area (Å²) in [6.07, 6.45) is 3.59. The lowest BCUT2D eigenvalue weighted by atomic mass is 10.4. The van der Waals surface area contributed by atoms with Crippen LogP contribution in [-0.2, 0) is 4.74 Å². The van der Waals surface area contributed by atoms with Gasteiger partial charge in [0.1, 0.15) is 0 Å². The maximum Gasteiger partial charge on any atom is 0.0465 e. The predicted octanol–water partition coefficient (Wildman–Crippen LogP) is 4.27. The summed E-state index contributed by atoms with van der Waals surface area (Å²) in [5.41, 5.74) is 0. The molecular formula is C11H28O. The fourth-order valence-corrected chi connectivity index (χ4v) is 0.493. The number of ether oxygens (including phenoxy) is 1. The molecule has 0 aliphatic heterocycles. The standard InChI is InChI=1S/C7H16O.2C2H6/c1-3-5-7-8-6-4-2;2*1-2/h3-7H2,1-2H3;2*1-2H3. The van der Waals surface area contributed by atoms with Crippen molar-refractivity contribution in [2.24, 2.45) is 0 Å². The molecule has 0 spiro atoms. The minimum absolute atomic E-state index is 0.931. The van der Waals surface area contributed by atoms with Crippen LogP contribution in [0.4, 0.5) is 0 Å². The smallest absolute Gasteiger partial charge is 0.0465 e. The largest absolute Gasteiger partial charge is 0.381 e. The van der Waals surface area contributed by atoms with Crippen LogP contribution < -0.4 is 0 Å². The van der Waals surface area contributed by atoms with Gasteiger partial charge in [0, 0.05) is 13.2 Å². The summed E-state index contributed by atoms with van der Waals surface area (Å²) in [4.78, 5) is 0. The Morgan fingerprint density at radius 1 is 0.750 bits per heavy atom. The molecule has 1 nitrogen and oxygen atoms in total. The molecule has 0 radical (unpaired) electrons. The molecule has 0 bridgehead atoms. The highest BCUT2D eigenvalue weighted by atomic mass is 16.5. The third-order valence-corrected chi connectivity index (χ3v) is 0.991. The van der Waals surface area contributed by atoms with Crippen LogP contribution in [0.5, 0.6) is 0 Å². The van der Waals surface area contributed by atoms with Gasteiger partial charge in [0.15, 0.2) is 0 Å². The second-order valence-electron chi connectivity index (χ2n) is 1.97. The number of rotatable bonds is 5. The third kappa shape index (κ3) is 32.5. The van der Waals surface area contributed by atoms with Gasteiger partial charge >= 0.3 is 0 Å². The zero-order valence-electron chi connectivity index (χ0n) is 9.94. The van der Waals surface area contributed by atoms with Crippen molar-refractivity contribution in [2.45, 2.75) is 60.8 Å². The van der Waals surface area contributed by atoms with Crippen LogP contribution in [0, 0.1) is 0 Å². The molecule has 1 heteroatoms. The van der Waals surface area contributed by atoms with E-state index in [1.54, 1.807) is 0 Å². The number of hydrogen-bond acceptors (Lipinski definition) is 1. The Bertz CT molecular complexity index is 30.0. The summed E-state index contributed by atoms with van der Waals surface area (Å²) in [6.45, 7) is 14.2. The molecule has 0 saturated carbocycles. The van der Waals surface area contributed by atoms with Gasteiger partial charge in [0.25, 0.3) is 0 Å². The van der Waals surface area contributed by atoms with E-state index in [-0.39, 0.29) is 0 Å². The molecule has 0 aromatic heterocycles. The van der Waals surface area contributed by atoms with Crippen molar-refractivity contribution in [1.29, 1.82) is 0 Å². The van der Waals surface area contributed by atoms with E-state index >= 15 is 0 Å². The van der Waals surface area contributed by atoms with Crippen LogP contribution >= 0.6 is 0 Å². The highest BCUT2D eigenvalue weighted by Crippen LogP contribution is 1.87. The average Bonchev–Trinajstić information content (AvgIpc) is 2.19. The second kappa shape index (κ2) is 30.6. The van der Waals surface area contributed by atoms with Gasteiger partial charge in [-0.1, -0.05) is 48.0 Å². The van der Waals surface area contributed by atoms with Gasteiger partial charge in [-0.05, 0) is 12.8 Å². The Kier molecular flexibility index (Phi) is 45.6. The highest BCUT2D eigenvalue weighted by Gasteiger charge is 1.81. The van der Waals surface area contributed by atoms with E-state index in [2.05, 4.69) is 13.8 Å². The van der Waals surface area contributed by atoms with Crippen molar-refractivity contribution >= 4 is 0 Å². The Morgan fingerprint density at radius 2 is 1.25 bits per heavy atom. The van der Waals surface area contributed by atoms with Gasteiger partial charge in [-0.15, -0.1) is 0 Å². The van der Waals surface area contributed by atoms with Crippen molar-refractivity contribution < 1.29 is 4.74 Å². The van der Waals surface area contributed by atoms with Crippen LogP contribution in [0.2, 0.25) is 0 Å². The molecule has 0 rings (SSSR count). The molecular weight excluding hydrogens is 148 g/mol. The topological polar surface area (TPSA) is 9.23 Å². The minimum atomic E-state index is 0.931. The van der Waals surface area contributed by atoms with Crippen LogP contribution in [-0.4, -0.2) is 13.2 Å². The van der Waals surface area contributed by atoms with Crippen LogP contribution in [0.25, 0.3) is 0 Å². The minimum Gasteiger partial charge on any atom is -0.381 e. The van der Waals surface area contributed by atoms with Gasteiger partial charge in [-0.3, -0.25) is 0 Å².